The molecule has 0 bridgehead atoms. The molecule has 182 valence electrons. The molecule has 0 aliphatic carbocycles. The molecule has 11 nitrogen and oxygen atoms in total. The predicted molar refractivity (Wildman–Crippen MR) is 133 cm³/mol. The molecule has 0 radical (unpaired) electrons. The van der Waals surface area contributed by atoms with E-state index >= 15 is 0 Å². The van der Waals surface area contributed by atoms with Gasteiger partial charge in [0.05, 0.1) is 16.4 Å². The zero-order valence-corrected chi connectivity index (χ0v) is 19.8. The van der Waals surface area contributed by atoms with E-state index in [0.29, 0.717) is 22.4 Å². The zero-order valence-electron chi connectivity index (χ0n) is 19.0. The number of benzene rings is 3. The second-order valence-electron chi connectivity index (χ2n) is 7.71. The van der Waals surface area contributed by atoms with Crippen LogP contribution in [0.1, 0.15) is 27.3 Å². The topological polar surface area (TPSA) is 146 Å². The third-order valence-corrected chi connectivity index (χ3v) is 6.34. The molecule has 1 amide bonds. The maximum absolute atomic E-state index is 12.6. The number of aromatic nitrogens is 3. The van der Waals surface area contributed by atoms with Crippen molar-refractivity contribution in [3.8, 4) is 5.69 Å². The van der Waals surface area contributed by atoms with Crippen LogP contribution < -0.4 is 5.32 Å². The first kappa shape index (κ1) is 24.5. The van der Waals surface area contributed by atoms with Gasteiger partial charge in [-0.05, 0) is 36.2 Å². The molecule has 0 fully saturated rings. The predicted octanol–water partition coefficient (Wildman–Crippen LogP) is 4.61. The quantitative estimate of drug-likeness (QED) is 0.197. The molecule has 4 aromatic rings. The van der Waals surface area contributed by atoms with Crippen LogP contribution in [0.15, 0.2) is 78.0 Å². The van der Waals surface area contributed by atoms with Gasteiger partial charge in [0.15, 0.2) is 11.0 Å². The van der Waals surface area contributed by atoms with Gasteiger partial charge in [-0.1, -0.05) is 42.1 Å². The van der Waals surface area contributed by atoms with Gasteiger partial charge in [0.2, 0.25) is 0 Å². The maximum atomic E-state index is 12.6. The molecule has 0 saturated carbocycles. The summed E-state index contributed by atoms with van der Waals surface area (Å²) in [6.45, 7) is 2.00. The third kappa shape index (κ3) is 5.55. The van der Waals surface area contributed by atoms with E-state index in [4.69, 9.17) is 0 Å². The molecule has 4 rings (SSSR count). The number of hydrogen-bond acceptors (Lipinski definition) is 8. The van der Waals surface area contributed by atoms with E-state index in [9.17, 15) is 25.0 Å². The number of nitro groups is 2. The van der Waals surface area contributed by atoms with Crippen molar-refractivity contribution in [2.45, 2.75) is 24.4 Å². The molecule has 36 heavy (non-hydrogen) atoms. The number of nitro benzene ring substituents is 2. The average molecular weight is 505 g/mol. The number of rotatable bonds is 9. The fourth-order valence-corrected chi connectivity index (χ4v) is 4.47. The van der Waals surface area contributed by atoms with E-state index in [1.807, 2.05) is 31.2 Å². The first-order valence-corrected chi connectivity index (χ1v) is 11.7. The van der Waals surface area contributed by atoms with E-state index in [1.165, 1.54) is 48.2 Å². The van der Waals surface area contributed by atoms with Crippen LogP contribution in [0.25, 0.3) is 5.69 Å². The molecule has 1 N–H and O–H groups in total. The molecular formula is C24H20N6O5S. The highest BCUT2D eigenvalue weighted by Gasteiger charge is 2.18. The van der Waals surface area contributed by atoms with E-state index in [-0.39, 0.29) is 23.5 Å². The molecule has 1 heterocycles. The Morgan fingerprint density at radius 1 is 0.944 bits per heavy atom. The Balaban J connectivity index is 1.60. The van der Waals surface area contributed by atoms with Crippen molar-refractivity contribution in [2.24, 2.45) is 0 Å². The molecule has 0 spiro atoms. The number of non-ortho nitro benzene ring substituents is 2. The first-order chi connectivity index (χ1) is 17.3. The summed E-state index contributed by atoms with van der Waals surface area (Å²) in [5.41, 5.74) is 2.75. The van der Waals surface area contributed by atoms with E-state index in [2.05, 4.69) is 15.5 Å². The van der Waals surface area contributed by atoms with Crippen LogP contribution in [0.4, 0.5) is 11.4 Å². The summed E-state index contributed by atoms with van der Waals surface area (Å²) in [6.07, 6.45) is 0. The summed E-state index contributed by atoms with van der Waals surface area (Å²) in [6, 6.07) is 19.3. The molecular weight excluding hydrogens is 484 g/mol. The van der Waals surface area contributed by atoms with Gasteiger partial charge >= 0.3 is 0 Å². The highest BCUT2D eigenvalue weighted by atomic mass is 32.2. The highest BCUT2D eigenvalue weighted by molar-refractivity contribution is 7.98. The summed E-state index contributed by atoms with van der Waals surface area (Å²) in [7, 11) is 0. The Labute approximate surface area is 209 Å². The maximum Gasteiger partial charge on any atom is 0.270 e. The standard InChI is InChI=1S/C24H20N6O5S/c1-16-5-2-3-6-18(16)15-36-24-27-26-22(28(24)19-9-11-20(12-10-19)29(32)33)14-25-23(31)17-7-4-8-21(13-17)30(34)35/h2-13H,14-15H2,1H3,(H,25,31). The third-order valence-electron chi connectivity index (χ3n) is 5.36. The van der Waals surface area contributed by atoms with Crippen LogP contribution in [-0.2, 0) is 12.3 Å². The average Bonchev–Trinajstić information content (AvgIpc) is 3.29. The lowest BCUT2D eigenvalue weighted by Crippen LogP contribution is -2.24. The van der Waals surface area contributed by atoms with Crippen molar-refractivity contribution in [1.82, 2.24) is 20.1 Å². The summed E-state index contributed by atoms with van der Waals surface area (Å²) < 4.78 is 1.72. The number of hydrogen-bond donors (Lipinski definition) is 1. The molecule has 3 aromatic carbocycles. The summed E-state index contributed by atoms with van der Waals surface area (Å²) in [4.78, 5) is 33.7. The van der Waals surface area contributed by atoms with Crippen LogP contribution in [0.2, 0.25) is 0 Å². The van der Waals surface area contributed by atoms with Crippen LogP contribution >= 0.6 is 11.8 Å². The molecule has 0 aliphatic rings. The smallest absolute Gasteiger partial charge is 0.270 e. The van der Waals surface area contributed by atoms with Crippen molar-refractivity contribution in [2.75, 3.05) is 0 Å². The summed E-state index contributed by atoms with van der Waals surface area (Å²) in [5.74, 6) is 0.513. The molecule has 1 aromatic heterocycles. The normalized spacial score (nSPS) is 10.7. The summed E-state index contributed by atoms with van der Waals surface area (Å²) in [5, 5.41) is 33.9. The Morgan fingerprint density at radius 3 is 2.36 bits per heavy atom. The molecule has 0 unspecified atom stereocenters. The SMILES string of the molecule is Cc1ccccc1CSc1nnc(CNC(=O)c2cccc([N+](=O)[O-])c2)n1-c1ccc([N+](=O)[O-])cc1. The van der Waals surface area contributed by atoms with Crippen LogP contribution in [0.5, 0.6) is 0 Å². The number of nitrogens with one attached hydrogen (secondary N) is 1. The van der Waals surface area contributed by atoms with Gasteiger partial charge in [-0.3, -0.25) is 29.6 Å². The highest BCUT2D eigenvalue weighted by Crippen LogP contribution is 2.27. The van der Waals surface area contributed by atoms with Crippen LogP contribution in [0, 0.1) is 27.2 Å². The van der Waals surface area contributed by atoms with Crippen molar-refractivity contribution in [1.29, 1.82) is 0 Å². The van der Waals surface area contributed by atoms with Crippen molar-refractivity contribution >= 4 is 29.0 Å². The van der Waals surface area contributed by atoms with Crippen LogP contribution in [-0.4, -0.2) is 30.5 Å². The Hall–Kier alpha value is -4.58. The molecule has 0 saturated heterocycles. The molecule has 0 atom stereocenters. The van der Waals surface area contributed by atoms with Crippen molar-refractivity contribution in [3.05, 3.63) is 116 Å². The van der Waals surface area contributed by atoms with Gasteiger partial charge in [-0.15, -0.1) is 10.2 Å². The van der Waals surface area contributed by atoms with Crippen molar-refractivity contribution < 1.29 is 14.6 Å². The lowest BCUT2D eigenvalue weighted by molar-refractivity contribution is -0.385. The number of thioether (sulfide) groups is 1. The zero-order chi connectivity index (χ0) is 25.7. The number of carbonyl (C=O) groups excluding carboxylic acids is 1. The van der Waals surface area contributed by atoms with E-state index < -0.39 is 15.8 Å². The Bertz CT molecular complexity index is 1440. The number of aryl methyl sites for hydroxylation is 1. The minimum absolute atomic E-state index is 0.0174. The second-order valence-corrected chi connectivity index (χ2v) is 8.66. The fourth-order valence-electron chi connectivity index (χ4n) is 3.43. The van der Waals surface area contributed by atoms with Crippen molar-refractivity contribution in [3.63, 3.8) is 0 Å². The summed E-state index contributed by atoms with van der Waals surface area (Å²) >= 11 is 1.44. The van der Waals surface area contributed by atoms with E-state index in [0.717, 1.165) is 11.1 Å². The number of amides is 1. The fraction of sp³-hybridized carbons (Fsp3) is 0.125. The van der Waals surface area contributed by atoms with Gasteiger partial charge in [0.25, 0.3) is 17.3 Å². The van der Waals surface area contributed by atoms with Crippen LogP contribution in [0.3, 0.4) is 0 Å². The van der Waals surface area contributed by atoms with Gasteiger partial charge in [0.1, 0.15) is 0 Å². The minimum atomic E-state index is -0.569. The Morgan fingerprint density at radius 2 is 1.67 bits per heavy atom. The van der Waals surface area contributed by atoms with Gasteiger partial charge in [-0.25, -0.2) is 0 Å². The number of nitrogens with zero attached hydrogens (tertiary/aromatic N) is 5. The first-order valence-electron chi connectivity index (χ1n) is 10.7. The lowest BCUT2D eigenvalue weighted by atomic mass is 10.1. The van der Waals surface area contributed by atoms with Gasteiger partial charge in [0, 0.05) is 41.3 Å². The molecule has 0 aliphatic heterocycles. The monoisotopic (exact) mass is 504 g/mol. The van der Waals surface area contributed by atoms with Gasteiger partial charge in [-0.2, -0.15) is 0 Å². The minimum Gasteiger partial charge on any atom is -0.345 e. The molecule has 12 heteroatoms. The Kier molecular flexibility index (Phi) is 7.35. The van der Waals surface area contributed by atoms with E-state index in [1.54, 1.807) is 16.7 Å². The largest absolute Gasteiger partial charge is 0.345 e. The number of carbonyl (C=O) groups is 1. The lowest BCUT2D eigenvalue weighted by Gasteiger charge is -2.11. The second kappa shape index (κ2) is 10.8. The van der Waals surface area contributed by atoms with Gasteiger partial charge < -0.3 is 5.32 Å².